The third kappa shape index (κ3) is 3.59. The molecule has 0 radical (unpaired) electrons. The number of nitrogens with zero attached hydrogens (tertiary/aromatic N) is 6. The molecule has 2 aliphatic rings. The van der Waals surface area contributed by atoms with E-state index in [9.17, 15) is 10.1 Å². The van der Waals surface area contributed by atoms with Crippen molar-refractivity contribution in [3.8, 4) is 6.07 Å². The molecule has 1 saturated carbocycles. The van der Waals surface area contributed by atoms with E-state index in [1.54, 1.807) is 12.3 Å². The van der Waals surface area contributed by atoms with Crippen LogP contribution in [-0.4, -0.2) is 59.6 Å². The second kappa shape index (κ2) is 8.24. The number of hydrogen-bond acceptors (Lipinski definition) is 7. The van der Waals surface area contributed by atoms with Gasteiger partial charge in [-0.15, -0.1) is 0 Å². The molecular weight excluding hydrogens is 402 g/mol. The number of piperazine rings is 1. The van der Waals surface area contributed by atoms with Crippen LogP contribution in [0, 0.1) is 11.3 Å². The molecule has 3 aromatic heterocycles. The molecule has 164 valence electrons. The van der Waals surface area contributed by atoms with E-state index in [1.165, 1.54) is 6.92 Å². The predicted octanol–water partition coefficient (Wildman–Crippen LogP) is 2.76. The van der Waals surface area contributed by atoms with Crippen molar-refractivity contribution in [2.24, 2.45) is 0 Å². The van der Waals surface area contributed by atoms with Crippen LogP contribution < -0.4 is 15.1 Å². The monoisotopic (exact) mass is 429 g/mol. The van der Waals surface area contributed by atoms with E-state index in [0.717, 1.165) is 61.6 Å². The van der Waals surface area contributed by atoms with Crippen molar-refractivity contribution in [1.82, 2.24) is 19.9 Å². The third-order valence-corrected chi connectivity index (χ3v) is 6.78. The van der Waals surface area contributed by atoms with Gasteiger partial charge in [-0.25, -0.2) is 4.98 Å². The van der Waals surface area contributed by atoms with Gasteiger partial charge in [-0.05, 0) is 44.2 Å². The highest BCUT2D eigenvalue weighted by Gasteiger charge is 2.31. The number of ketones is 1. The van der Waals surface area contributed by atoms with Crippen LogP contribution in [0.2, 0.25) is 0 Å². The van der Waals surface area contributed by atoms with Crippen molar-refractivity contribution in [2.75, 3.05) is 43.0 Å². The third-order valence-electron chi connectivity index (χ3n) is 6.78. The lowest BCUT2D eigenvalue weighted by Crippen LogP contribution is -2.47. The van der Waals surface area contributed by atoms with Crippen LogP contribution in [0.25, 0.3) is 11.0 Å². The maximum atomic E-state index is 11.5. The summed E-state index contributed by atoms with van der Waals surface area (Å²) in [5.74, 6) is 0.936. The van der Waals surface area contributed by atoms with Gasteiger partial charge in [-0.3, -0.25) is 9.78 Å². The summed E-state index contributed by atoms with van der Waals surface area (Å²) in [6, 6.07) is 11.1. The lowest BCUT2D eigenvalue weighted by molar-refractivity contribution is 0.101. The van der Waals surface area contributed by atoms with Crippen LogP contribution in [-0.2, 0) is 0 Å². The number of hydrogen-bond donors (Lipinski definition) is 1. The van der Waals surface area contributed by atoms with Crippen LogP contribution in [0.1, 0.15) is 41.9 Å². The molecule has 2 fully saturated rings. The summed E-state index contributed by atoms with van der Waals surface area (Å²) < 4.78 is 2.20. The first-order chi connectivity index (χ1) is 15.6. The fourth-order valence-electron chi connectivity index (χ4n) is 4.68. The van der Waals surface area contributed by atoms with Crippen molar-refractivity contribution >= 4 is 28.3 Å². The molecule has 1 aliphatic heterocycles. The van der Waals surface area contributed by atoms with Gasteiger partial charge < -0.3 is 19.7 Å². The first-order valence-corrected chi connectivity index (χ1v) is 11.1. The Morgan fingerprint density at radius 1 is 1.12 bits per heavy atom. The van der Waals surface area contributed by atoms with Gasteiger partial charge in [-0.2, -0.15) is 5.26 Å². The highest BCUT2D eigenvalue weighted by atomic mass is 16.1. The average molecular weight is 430 g/mol. The fourth-order valence-corrected chi connectivity index (χ4v) is 4.68. The Morgan fingerprint density at radius 2 is 1.88 bits per heavy atom. The summed E-state index contributed by atoms with van der Waals surface area (Å²) in [6.07, 6.45) is 5.87. The largest absolute Gasteiger partial charge is 0.367 e. The van der Waals surface area contributed by atoms with Crippen molar-refractivity contribution in [3.63, 3.8) is 0 Å². The molecule has 32 heavy (non-hydrogen) atoms. The summed E-state index contributed by atoms with van der Waals surface area (Å²) in [6.45, 7) is 4.95. The van der Waals surface area contributed by atoms with Gasteiger partial charge in [0.15, 0.2) is 5.78 Å². The van der Waals surface area contributed by atoms with Crippen LogP contribution in [0.3, 0.4) is 0 Å². The zero-order chi connectivity index (χ0) is 22.2. The molecular formula is C24H27N7O. The van der Waals surface area contributed by atoms with E-state index in [-0.39, 0.29) is 5.78 Å². The molecule has 0 aromatic carbocycles. The highest BCUT2D eigenvalue weighted by molar-refractivity contribution is 5.92. The summed E-state index contributed by atoms with van der Waals surface area (Å²) in [4.78, 5) is 25.3. The maximum Gasteiger partial charge on any atom is 0.178 e. The Balaban J connectivity index is 1.33. The Labute approximate surface area is 187 Å². The predicted molar refractivity (Wildman–Crippen MR) is 124 cm³/mol. The molecule has 0 bridgehead atoms. The number of Topliss-reactive ketones (excluding diaryl/α,β-unsaturated/α-hetero) is 1. The minimum absolute atomic E-state index is 0.0180. The Morgan fingerprint density at radius 3 is 2.50 bits per heavy atom. The zero-order valence-corrected chi connectivity index (χ0v) is 18.5. The van der Waals surface area contributed by atoms with Crippen LogP contribution in [0.15, 0.2) is 36.7 Å². The SMILES string of the molecule is CN[C@H]1C[C@H](n2cc(C#N)c3ccc(N4CCN(c5ccc(C(C)=O)nc5)CC4)nc32)C1. The molecule has 0 spiro atoms. The zero-order valence-electron chi connectivity index (χ0n) is 18.5. The Hall–Kier alpha value is -3.44. The van der Waals surface area contributed by atoms with E-state index < -0.39 is 0 Å². The number of carbonyl (C=O) groups is 1. The van der Waals surface area contributed by atoms with Gasteiger partial charge in [0.2, 0.25) is 0 Å². The van der Waals surface area contributed by atoms with Crippen molar-refractivity contribution in [3.05, 3.63) is 47.9 Å². The molecule has 4 heterocycles. The number of rotatable bonds is 5. The first-order valence-electron chi connectivity index (χ1n) is 11.1. The molecule has 8 nitrogen and oxygen atoms in total. The van der Waals surface area contributed by atoms with E-state index in [2.05, 4.69) is 30.7 Å². The number of pyridine rings is 2. The smallest absolute Gasteiger partial charge is 0.178 e. The van der Waals surface area contributed by atoms with Crippen molar-refractivity contribution < 1.29 is 4.79 Å². The van der Waals surface area contributed by atoms with Gasteiger partial charge in [0, 0.05) is 56.8 Å². The highest BCUT2D eigenvalue weighted by Crippen LogP contribution is 2.36. The second-order valence-corrected chi connectivity index (χ2v) is 8.65. The van der Waals surface area contributed by atoms with E-state index >= 15 is 0 Å². The molecule has 5 rings (SSSR count). The number of anilines is 2. The minimum Gasteiger partial charge on any atom is -0.367 e. The number of nitriles is 1. The van der Waals surface area contributed by atoms with Gasteiger partial charge in [0.05, 0.1) is 17.4 Å². The summed E-state index contributed by atoms with van der Waals surface area (Å²) in [5.41, 5.74) is 3.13. The van der Waals surface area contributed by atoms with Crippen molar-refractivity contribution in [1.29, 1.82) is 5.26 Å². The van der Waals surface area contributed by atoms with Crippen molar-refractivity contribution in [2.45, 2.75) is 31.8 Å². The number of aromatic nitrogens is 3. The topological polar surface area (TPSA) is 90.1 Å². The maximum absolute atomic E-state index is 11.5. The summed E-state index contributed by atoms with van der Waals surface area (Å²) >= 11 is 0. The number of carbonyl (C=O) groups excluding carboxylic acids is 1. The van der Waals surface area contributed by atoms with Gasteiger partial charge >= 0.3 is 0 Å². The Kier molecular flexibility index (Phi) is 5.27. The summed E-state index contributed by atoms with van der Waals surface area (Å²) in [7, 11) is 2.00. The van der Waals surface area contributed by atoms with Gasteiger partial charge in [-0.1, -0.05) is 0 Å². The molecule has 1 aliphatic carbocycles. The molecule has 0 amide bonds. The molecule has 1 N–H and O–H groups in total. The molecule has 8 heteroatoms. The van der Waals surface area contributed by atoms with Crippen LogP contribution in [0.5, 0.6) is 0 Å². The minimum atomic E-state index is -0.0180. The Bertz CT molecular complexity index is 1180. The second-order valence-electron chi connectivity index (χ2n) is 8.65. The lowest BCUT2D eigenvalue weighted by atomic mass is 9.87. The standard InChI is InChI=1S/C24H27N7O/c1-16(32)22-5-3-19(14-27-22)29-7-9-30(10-8-29)23-6-4-21-17(13-25)15-31(24(21)28-23)20-11-18(12-20)26-2/h3-6,14-15,18,20,26H,7-12H2,1-2H3/t18-,20-. The fraction of sp³-hybridized carbons (Fsp3) is 0.417. The van der Waals surface area contributed by atoms with E-state index in [4.69, 9.17) is 4.98 Å². The van der Waals surface area contributed by atoms with E-state index in [0.29, 0.717) is 23.3 Å². The molecule has 0 unspecified atom stereocenters. The normalized spacial score (nSPS) is 20.8. The molecule has 1 saturated heterocycles. The average Bonchev–Trinajstić information content (AvgIpc) is 3.16. The van der Waals surface area contributed by atoms with Gasteiger partial charge in [0.25, 0.3) is 0 Å². The quantitative estimate of drug-likeness (QED) is 0.624. The van der Waals surface area contributed by atoms with Gasteiger partial charge in [0.1, 0.15) is 23.2 Å². The first kappa shape index (κ1) is 20.5. The lowest BCUT2D eigenvalue weighted by Gasteiger charge is -2.37. The number of fused-ring (bicyclic) bond motifs is 1. The number of nitrogens with one attached hydrogen (secondary N) is 1. The molecule has 3 aromatic rings. The molecule has 0 atom stereocenters. The summed E-state index contributed by atoms with van der Waals surface area (Å²) in [5, 5.41) is 13.8. The van der Waals surface area contributed by atoms with Crippen LogP contribution >= 0.6 is 0 Å². The van der Waals surface area contributed by atoms with E-state index in [1.807, 2.05) is 31.4 Å². The van der Waals surface area contributed by atoms with Crippen LogP contribution in [0.4, 0.5) is 11.5 Å².